The lowest BCUT2D eigenvalue weighted by atomic mass is 10.1. The summed E-state index contributed by atoms with van der Waals surface area (Å²) in [4.78, 5) is 11.1. The molecule has 0 aliphatic carbocycles. The zero-order chi connectivity index (χ0) is 16.8. The van der Waals surface area contributed by atoms with Crippen LogP contribution in [0.15, 0.2) is 36.9 Å². The smallest absolute Gasteiger partial charge is 0.308 e. The molecule has 0 aliphatic rings. The number of rotatable bonds is 13. The third-order valence-corrected chi connectivity index (χ3v) is 3.80. The maximum absolute atomic E-state index is 11.1. The molecule has 0 heterocycles. The van der Waals surface area contributed by atoms with Gasteiger partial charge < -0.3 is 10.1 Å². The van der Waals surface area contributed by atoms with Gasteiger partial charge in [-0.25, -0.2) is 0 Å². The number of carbonyl (C=O) groups excluding carboxylic acids is 1. The Morgan fingerprint density at radius 1 is 1.09 bits per heavy atom. The summed E-state index contributed by atoms with van der Waals surface area (Å²) in [6, 6.07) is 7.69. The van der Waals surface area contributed by atoms with E-state index in [-0.39, 0.29) is 5.97 Å². The van der Waals surface area contributed by atoms with Crippen molar-refractivity contribution in [3.05, 3.63) is 42.5 Å². The van der Waals surface area contributed by atoms with Crippen molar-refractivity contribution in [3.8, 4) is 5.75 Å². The second-order valence-electron chi connectivity index (χ2n) is 5.93. The van der Waals surface area contributed by atoms with E-state index in [0.29, 0.717) is 5.75 Å². The Morgan fingerprint density at radius 3 is 2.43 bits per heavy atom. The third kappa shape index (κ3) is 9.90. The summed E-state index contributed by atoms with van der Waals surface area (Å²) in [7, 11) is 0. The topological polar surface area (TPSA) is 38.3 Å². The summed E-state index contributed by atoms with van der Waals surface area (Å²) in [6.45, 7) is 6.92. The molecule has 0 saturated carbocycles. The molecule has 3 heteroatoms. The van der Waals surface area contributed by atoms with Crippen molar-refractivity contribution in [2.75, 3.05) is 6.54 Å². The number of ether oxygens (including phenoxy) is 1. The quantitative estimate of drug-likeness (QED) is 0.240. The molecule has 0 aliphatic heterocycles. The molecule has 1 rings (SSSR count). The van der Waals surface area contributed by atoms with Gasteiger partial charge in [0.15, 0.2) is 0 Å². The molecule has 128 valence electrons. The molecule has 1 N–H and O–H groups in total. The first-order valence-electron chi connectivity index (χ1n) is 8.82. The van der Waals surface area contributed by atoms with Crippen LogP contribution in [0.3, 0.4) is 0 Å². The molecule has 0 atom stereocenters. The van der Waals surface area contributed by atoms with Crippen LogP contribution in [-0.4, -0.2) is 12.5 Å². The average Bonchev–Trinajstić information content (AvgIpc) is 2.53. The minimum atomic E-state index is -0.273. The highest BCUT2D eigenvalue weighted by Gasteiger charge is 2.04. The van der Waals surface area contributed by atoms with Gasteiger partial charge in [0.2, 0.25) is 0 Å². The summed E-state index contributed by atoms with van der Waals surface area (Å²) in [5, 5.41) is 3.43. The summed E-state index contributed by atoms with van der Waals surface area (Å²) in [5.74, 6) is 0.387. The molecule has 0 spiro atoms. The van der Waals surface area contributed by atoms with Gasteiger partial charge in [0.25, 0.3) is 0 Å². The fourth-order valence-corrected chi connectivity index (χ4v) is 2.55. The molecular formula is C20H31NO2. The van der Waals surface area contributed by atoms with Crippen LogP contribution in [0.1, 0.15) is 63.9 Å². The van der Waals surface area contributed by atoms with Crippen molar-refractivity contribution in [2.24, 2.45) is 0 Å². The fourth-order valence-electron chi connectivity index (χ4n) is 2.55. The van der Waals surface area contributed by atoms with Gasteiger partial charge in [0, 0.05) is 19.0 Å². The molecule has 1 aromatic carbocycles. The minimum absolute atomic E-state index is 0.273. The number of benzene rings is 1. The maximum Gasteiger partial charge on any atom is 0.308 e. The number of allylic oxidation sites excluding steroid dienone is 1. The van der Waals surface area contributed by atoms with Gasteiger partial charge in [-0.3, -0.25) is 4.79 Å². The molecule has 0 saturated heterocycles. The van der Waals surface area contributed by atoms with Gasteiger partial charge in [0.1, 0.15) is 5.75 Å². The van der Waals surface area contributed by atoms with E-state index in [1.807, 2.05) is 30.3 Å². The molecule has 0 bridgehead atoms. The lowest BCUT2D eigenvalue weighted by molar-refractivity contribution is -0.131. The van der Waals surface area contributed by atoms with Crippen LogP contribution in [0, 0.1) is 0 Å². The molecular weight excluding hydrogens is 286 g/mol. The van der Waals surface area contributed by atoms with Crippen molar-refractivity contribution in [2.45, 2.75) is 64.8 Å². The van der Waals surface area contributed by atoms with E-state index >= 15 is 0 Å². The van der Waals surface area contributed by atoms with Crippen LogP contribution in [0.25, 0.3) is 0 Å². The highest BCUT2D eigenvalue weighted by molar-refractivity contribution is 5.69. The Morgan fingerprint density at radius 2 is 1.74 bits per heavy atom. The molecule has 0 fully saturated rings. The van der Waals surface area contributed by atoms with Crippen molar-refractivity contribution in [1.29, 1.82) is 0 Å². The SMILES string of the molecule is C=CCCCCCCCCCNCc1ccccc1OC(C)=O. The number of carbonyl (C=O) groups is 1. The van der Waals surface area contributed by atoms with Crippen LogP contribution >= 0.6 is 0 Å². The maximum atomic E-state index is 11.1. The number of hydrogen-bond donors (Lipinski definition) is 1. The zero-order valence-electron chi connectivity index (χ0n) is 14.5. The van der Waals surface area contributed by atoms with Gasteiger partial charge in [-0.1, -0.05) is 56.4 Å². The molecule has 0 amide bonds. The molecule has 1 aromatic rings. The summed E-state index contributed by atoms with van der Waals surface area (Å²) in [5.41, 5.74) is 1.03. The van der Waals surface area contributed by atoms with Crippen molar-refractivity contribution in [3.63, 3.8) is 0 Å². The fraction of sp³-hybridized carbons (Fsp3) is 0.550. The Bertz CT molecular complexity index is 457. The van der Waals surface area contributed by atoms with Gasteiger partial charge in [-0.05, 0) is 31.9 Å². The van der Waals surface area contributed by atoms with Gasteiger partial charge >= 0.3 is 5.97 Å². The van der Waals surface area contributed by atoms with E-state index in [1.54, 1.807) is 0 Å². The Balaban J connectivity index is 2.05. The van der Waals surface area contributed by atoms with Crippen LogP contribution < -0.4 is 10.1 Å². The molecule has 23 heavy (non-hydrogen) atoms. The Kier molecular flexibility index (Phi) is 10.9. The number of unbranched alkanes of at least 4 members (excludes halogenated alkanes) is 7. The highest BCUT2D eigenvalue weighted by atomic mass is 16.5. The van der Waals surface area contributed by atoms with E-state index in [9.17, 15) is 4.79 Å². The third-order valence-electron chi connectivity index (χ3n) is 3.80. The summed E-state index contributed by atoms with van der Waals surface area (Å²) >= 11 is 0. The standard InChI is InChI=1S/C20H31NO2/c1-3-4-5-6-7-8-9-10-13-16-21-17-19-14-11-12-15-20(19)23-18(2)22/h3,11-12,14-15,21H,1,4-10,13,16-17H2,2H3. The van der Waals surface area contributed by atoms with E-state index < -0.39 is 0 Å². The van der Waals surface area contributed by atoms with E-state index in [0.717, 1.165) is 25.1 Å². The van der Waals surface area contributed by atoms with Gasteiger partial charge in [0.05, 0.1) is 0 Å². The van der Waals surface area contributed by atoms with Crippen LogP contribution in [0.2, 0.25) is 0 Å². The first-order chi connectivity index (χ1) is 11.2. The minimum Gasteiger partial charge on any atom is -0.426 e. The summed E-state index contributed by atoms with van der Waals surface area (Å²) in [6.07, 6.45) is 12.2. The first kappa shape index (κ1) is 19.4. The number of nitrogens with one attached hydrogen (secondary N) is 1. The number of hydrogen-bond acceptors (Lipinski definition) is 3. The largest absolute Gasteiger partial charge is 0.426 e. The van der Waals surface area contributed by atoms with Crippen molar-refractivity contribution < 1.29 is 9.53 Å². The predicted molar refractivity (Wildman–Crippen MR) is 96.6 cm³/mol. The van der Waals surface area contributed by atoms with Crippen LogP contribution in [0.5, 0.6) is 5.75 Å². The van der Waals surface area contributed by atoms with E-state index in [1.165, 1.54) is 51.9 Å². The predicted octanol–water partition coefficient (Wildman–Crippen LogP) is 5.01. The lowest BCUT2D eigenvalue weighted by Crippen LogP contribution is -2.16. The molecule has 3 nitrogen and oxygen atoms in total. The normalized spacial score (nSPS) is 10.5. The van der Waals surface area contributed by atoms with E-state index in [4.69, 9.17) is 4.74 Å². The van der Waals surface area contributed by atoms with Crippen LogP contribution in [-0.2, 0) is 11.3 Å². The monoisotopic (exact) mass is 317 g/mol. The zero-order valence-corrected chi connectivity index (χ0v) is 14.5. The molecule has 0 unspecified atom stereocenters. The second kappa shape index (κ2) is 12.9. The van der Waals surface area contributed by atoms with Crippen molar-refractivity contribution >= 4 is 5.97 Å². The Labute approximate surface area is 141 Å². The number of para-hydroxylation sites is 1. The van der Waals surface area contributed by atoms with Crippen molar-refractivity contribution in [1.82, 2.24) is 5.32 Å². The molecule has 0 radical (unpaired) electrons. The number of esters is 1. The Hall–Kier alpha value is -1.61. The van der Waals surface area contributed by atoms with Gasteiger partial charge in [-0.15, -0.1) is 6.58 Å². The van der Waals surface area contributed by atoms with E-state index in [2.05, 4.69) is 11.9 Å². The summed E-state index contributed by atoms with van der Waals surface area (Å²) < 4.78 is 5.21. The molecule has 0 aromatic heterocycles. The van der Waals surface area contributed by atoms with Gasteiger partial charge in [-0.2, -0.15) is 0 Å². The van der Waals surface area contributed by atoms with Crippen LogP contribution in [0.4, 0.5) is 0 Å². The first-order valence-corrected chi connectivity index (χ1v) is 8.82. The average molecular weight is 317 g/mol. The second-order valence-corrected chi connectivity index (χ2v) is 5.93. The lowest BCUT2D eigenvalue weighted by Gasteiger charge is -2.10. The highest BCUT2D eigenvalue weighted by Crippen LogP contribution is 2.17.